The van der Waals surface area contributed by atoms with Crippen LogP contribution in [0.25, 0.3) is 11.0 Å². The number of nitrogens with zero attached hydrogens (tertiary/aromatic N) is 2. The Bertz CT molecular complexity index is 854. The van der Waals surface area contributed by atoms with Crippen LogP contribution in [0.5, 0.6) is 0 Å². The Morgan fingerprint density at radius 3 is 2.82 bits per heavy atom. The molecule has 0 saturated carbocycles. The van der Waals surface area contributed by atoms with E-state index in [1.807, 2.05) is 19.1 Å². The molecule has 6 nitrogen and oxygen atoms in total. The fourth-order valence-electron chi connectivity index (χ4n) is 2.29. The molecule has 0 atom stereocenters. The summed E-state index contributed by atoms with van der Waals surface area (Å²) in [4.78, 5) is 23.0. The van der Waals surface area contributed by atoms with Crippen molar-refractivity contribution in [1.82, 2.24) is 15.0 Å². The van der Waals surface area contributed by atoms with Gasteiger partial charge in [0, 0.05) is 5.69 Å². The number of aromatic carboxylic acids is 1. The van der Waals surface area contributed by atoms with Gasteiger partial charge in [-0.1, -0.05) is 13.0 Å². The maximum atomic E-state index is 11.0. The van der Waals surface area contributed by atoms with Crippen molar-refractivity contribution < 1.29 is 9.90 Å². The minimum absolute atomic E-state index is 0.227. The Morgan fingerprint density at radius 1 is 1.27 bits per heavy atom. The van der Waals surface area contributed by atoms with Gasteiger partial charge in [-0.05, 0) is 43.2 Å². The topological polar surface area (TPSA) is 90.9 Å². The molecule has 3 N–H and O–H groups in total. The number of nitrogens with one attached hydrogen (secondary N) is 2. The van der Waals surface area contributed by atoms with Gasteiger partial charge in [0.15, 0.2) is 0 Å². The molecule has 2 aromatic heterocycles. The number of hydrogen-bond acceptors (Lipinski definition) is 4. The molecule has 0 spiro atoms. The van der Waals surface area contributed by atoms with E-state index in [0.717, 1.165) is 23.5 Å². The summed E-state index contributed by atoms with van der Waals surface area (Å²) in [5.41, 5.74) is 3.62. The van der Waals surface area contributed by atoms with Crippen LogP contribution in [0.4, 0.5) is 11.8 Å². The molecule has 6 heteroatoms. The van der Waals surface area contributed by atoms with Crippen LogP contribution in [0.15, 0.2) is 30.3 Å². The van der Waals surface area contributed by atoms with Crippen LogP contribution in [0, 0.1) is 6.92 Å². The van der Waals surface area contributed by atoms with E-state index < -0.39 is 5.97 Å². The number of imidazole rings is 1. The summed E-state index contributed by atoms with van der Waals surface area (Å²) in [6.07, 6.45) is 0.860. The molecule has 3 rings (SSSR count). The molecule has 0 unspecified atom stereocenters. The molecule has 2 heterocycles. The normalized spacial score (nSPS) is 10.8. The molecular weight excluding hydrogens is 280 g/mol. The lowest BCUT2D eigenvalue weighted by molar-refractivity contribution is 0.0697. The van der Waals surface area contributed by atoms with Crippen LogP contribution in [-0.4, -0.2) is 26.0 Å². The maximum absolute atomic E-state index is 11.0. The number of aryl methyl sites for hydroxylation is 2. The SMILES string of the molecule is CCc1ccc(C)nc1Nc1nc2ccc(C(=O)O)cc2[nH]1. The van der Waals surface area contributed by atoms with Crippen molar-refractivity contribution in [1.29, 1.82) is 0 Å². The van der Waals surface area contributed by atoms with Crippen LogP contribution in [-0.2, 0) is 6.42 Å². The van der Waals surface area contributed by atoms with Crippen molar-refractivity contribution in [2.24, 2.45) is 0 Å². The molecular formula is C16H16N4O2. The van der Waals surface area contributed by atoms with Gasteiger partial charge in [-0.25, -0.2) is 14.8 Å². The predicted molar refractivity (Wildman–Crippen MR) is 84.7 cm³/mol. The number of carbonyl (C=O) groups is 1. The zero-order chi connectivity index (χ0) is 15.7. The third-order valence-corrected chi connectivity index (χ3v) is 3.46. The summed E-state index contributed by atoms with van der Waals surface area (Å²) in [6.45, 7) is 4.00. The molecule has 0 aliphatic rings. The molecule has 0 bridgehead atoms. The molecule has 0 saturated heterocycles. The van der Waals surface area contributed by atoms with Crippen LogP contribution in [0.3, 0.4) is 0 Å². The van der Waals surface area contributed by atoms with Gasteiger partial charge in [0.05, 0.1) is 16.6 Å². The Balaban J connectivity index is 1.97. The average molecular weight is 296 g/mol. The highest BCUT2D eigenvalue weighted by Crippen LogP contribution is 2.21. The summed E-state index contributed by atoms with van der Waals surface area (Å²) < 4.78 is 0. The fourth-order valence-corrected chi connectivity index (χ4v) is 2.29. The van der Waals surface area contributed by atoms with E-state index in [0.29, 0.717) is 17.0 Å². The zero-order valence-corrected chi connectivity index (χ0v) is 12.3. The lowest BCUT2D eigenvalue weighted by Crippen LogP contribution is -2.00. The Kier molecular flexibility index (Phi) is 3.50. The van der Waals surface area contributed by atoms with E-state index >= 15 is 0 Å². The molecule has 0 radical (unpaired) electrons. The van der Waals surface area contributed by atoms with Crippen LogP contribution < -0.4 is 5.32 Å². The largest absolute Gasteiger partial charge is 0.478 e. The third-order valence-electron chi connectivity index (χ3n) is 3.46. The second-order valence-corrected chi connectivity index (χ2v) is 5.06. The second kappa shape index (κ2) is 5.48. The quantitative estimate of drug-likeness (QED) is 0.687. The number of carboxylic acids is 1. The molecule has 112 valence electrons. The van der Waals surface area contributed by atoms with Gasteiger partial charge < -0.3 is 15.4 Å². The molecule has 3 aromatic rings. The van der Waals surface area contributed by atoms with E-state index in [-0.39, 0.29) is 5.56 Å². The van der Waals surface area contributed by atoms with E-state index in [9.17, 15) is 4.79 Å². The molecule has 22 heavy (non-hydrogen) atoms. The average Bonchev–Trinajstić information content (AvgIpc) is 2.88. The number of benzene rings is 1. The molecule has 1 aromatic carbocycles. The van der Waals surface area contributed by atoms with Gasteiger partial charge in [-0.15, -0.1) is 0 Å². The van der Waals surface area contributed by atoms with Crippen molar-refractivity contribution in [3.8, 4) is 0 Å². The monoisotopic (exact) mass is 296 g/mol. The first kappa shape index (κ1) is 14.1. The fraction of sp³-hybridized carbons (Fsp3) is 0.188. The first-order valence-electron chi connectivity index (χ1n) is 7.03. The zero-order valence-electron chi connectivity index (χ0n) is 12.3. The summed E-state index contributed by atoms with van der Waals surface area (Å²) >= 11 is 0. The van der Waals surface area contributed by atoms with Crippen molar-refractivity contribution in [3.63, 3.8) is 0 Å². The molecule has 0 aliphatic heterocycles. The summed E-state index contributed by atoms with van der Waals surface area (Å²) in [7, 11) is 0. The summed E-state index contributed by atoms with van der Waals surface area (Å²) in [5.74, 6) is 0.352. The van der Waals surface area contributed by atoms with Crippen LogP contribution in [0.2, 0.25) is 0 Å². The minimum atomic E-state index is -0.959. The smallest absolute Gasteiger partial charge is 0.335 e. The van der Waals surface area contributed by atoms with Crippen molar-refractivity contribution in [2.75, 3.05) is 5.32 Å². The number of H-pyrrole nitrogens is 1. The maximum Gasteiger partial charge on any atom is 0.335 e. The van der Waals surface area contributed by atoms with E-state index in [2.05, 4.69) is 27.2 Å². The summed E-state index contributed by atoms with van der Waals surface area (Å²) in [6, 6.07) is 8.81. The Labute approximate surface area is 127 Å². The lowest BCUT2D eigenvalue weighted by Gasteiger charge is -2.08. The van der Waals surface area contributed by atoms with Crippen molar-refractivity contribution in [2.45, 2.75) is 20.3 Å². The number of aromatic amines is 1. The van der Waals surface area contributed by atoms with E-state index in [4.69, 9.17) is 5.11 Å². The van der Waals surface area contributed by atoms with E-state index in [1.54, 1.807) is 12.1 Å². The Hall–Kier alpha value is -2.89. The highest BCUT2D eigenvalue weighted by atomic mass is 16.4. The number of fused-ring (bicyclic) bond motifs is 1. The highest BCUT2D eigenvalue weighted by molar-refractivity contribution is 5.92. The minimum Gasteiger partial charge on any atom is -0.478 e. The van der Waals surface area contributed by atoms with Gasteiger partial charge in [0.25, 0.3) is 0 Å². The molecule has 0 fully saturated rings. The molecule has 0 aliphatic carbocycles. The molecule has 0 amide bonds. The number of hydrogen-bond donors (Lipinski definition) is 3. The highest BCUT2D eigenvalue weighted by Gasteiger charge is 2.09. The van der Waals surface area contributed by atoms with Gasteiger partial charge in [-0.2, -0.15) is 0 Å². The third kappa shape index (κ3) is 2.63. The van der Waals surface area contributed by atoms with Gasteiger partial charge in [0.1, 0.15) is 5.82 Å². The number of carboxylic acid groups (broad SMARTS) is 1. The van der Waals surface area contributed by atoms with E-state index in [1.165, 1.54) is 6.07 Å². The second-order valence-electron chi connectivity index (χ2n) is 5.06. The van der Waals surface area contributed by atoms with Crippen LogP contribution >= 0.6 is 0 Å². The number of aromatic nitrogens is 3. The van der Waals surface area contributed by atoms with Gasteiger partial charge in [-0.3, -0.25) is 0 Å². The number of pyridine rings is 1. The standard InChI is InChI=1S/C16H16N4O2/c1-3-10-5-4-9(2)17-14(10)20-16-18-12-7-6-11(15(21)22)8-13(12)19-16/h4-8H,3H2,1-2H3,(H,21,22)(H2,17,18,19,20). The van der Waals surface area contributed by atoms with Crippen molar-refractivity contribution in [3.05, 3.63) is 47.2 Å². The summed E-state index contributed by atoms with van der Waals surface area (Å²) in [5, 5.41) is 12.2. The first-order chi connectivity index (χ1) is 10.6. The van der Waals surface area contributed by atoms with Gasteiger partial charge in [0.2, 0.25) is 5.95 Å². The van der Waals surface area contributed by atoms with Gasteiger partial charge >= 0.3 is 5.97 Å². The Morgan fingerprint density at radius 2 is 2.09 bits per heavy atom. The predicted octanol–water partition coefficient (Wildman–Crippen LogP) is 3.27. The van der Waals surface area contributed by atoms with Crippen LogP contribution in [0.1, 0.15) is 28.5 Å². The number of anilines is 2. The van der Waals surface area contributed by atoms with Crippen molar-refractivity contribution >= 4 is 28.8 Å². The lowest BCUT2D eigenvalue weighted by atomic mass is 10.2. The first-order valence-corrected chi connectivity index (χ1v) is 7.03. The number of rotatable bonds is 4.